The van der Waals surface area contributed by atoms with Crippen LogP contribution in [0.1, 0.15) is 119 Å². The highest BCUT2D eigenvalue weighted by Gasteiger charge is 2.43. The van der Waals surface area contributed by atoms with E-state index in [2.05, 4.69) is 211 Å². The van der Waals surface area contributed by atoms with Crippen LogP contribution in [0.2, 0.25) is 0 Å². The molecule has 0 aliphatic heterocycles. The molecule has 0 spiro atoms. The average Bonchev–Trinajstić information content (AvgIpc) is 1.75. The number of imidazole rings is 1. The number of allylic oxidation sites excluding steroid dienone is 2. The number of alkyl halides is 2. The van der Waals surface area contributed by atoms with E-state index in [1.807, 2.05) is 44.2 Å². The molecule has 16 heteroatoms. The number of esters is 1. The summed E-state index contributed by atoms with van der Waals surface area (Å²) in [6.45, 7) is 22.9. The molecule has 6 aromatic carbocycles. The predicted octanol–water partition coefficient (Wildman–Crippen LogP) is 16.2. The lowest BCUT2D eigenvalue weighted by molar-refractivity contribution is -0.145. The van der Waals surface area contributed by atoms with Crippen molar-refractivity contribution in [3.63, 3.8) is 0 Å². The van der Waals surface area contributed by atoms with Crippen LogP contribution < -0.4 is 11.2 Å². The number of aryl methyl sites for hydroxylation is 11. The summed E-state index contributed by atoms with van der Waals surface area (Å²) >= 11 is 6.51. The van der Waals surface area contributed by atoms with Crippen molar-refractivity contribution >= 4 is 59.1 Å². The summed E-state index contributed by atoms with van der Waals surface area (Å²) in [5, 5.41) is 19.4. The number of aromatic nitrogens is 4. The van der Waals surface area contributed by atoms with E-state index in [-0.39, 0.29) is 29.7 Å². The molecule has 3 N–H and O–H groups in total. The zero-order valence-electron chi connectivity index (χ0n) is 57.7. The van der Waals surface area contributed by atoms with Crippen molar-refractivity contribution in [2.24, 2.45) is 49.6 Å². The Bertz CT molecular complexity index is 3690. The van der Waals surface area contributed by atoms with Gasteiger partial charge in [0.1, 0.15) is 5.52 Å². The number of aliphatic hydroxyl groups is 2. The summed E-state index contributed by atoms with van der Waals surface area (Å²) in [6, 6.07) is 51.0. The van der Waals surface area contributed by atoms with E-state index in [0.717, 1.165) is 84.3 Å². The second-order valence-electron chi connectivity index (χ2n) is 24.9. The molecule has 0 saturated heterocycles. The number of aliphatic hydroxyl groups excluding tert-OH is 2. The van der Waals surface area contributed by atoms with Gasteiger partial charge in [0, 0.05) is 31.4 Å². The first-order valence-corrected chi connectivity index (χ1v) is 37.0. The van der Waals surface area contributed by atoms with Crippen LogP contribution in [-0.2, 0) is 75.5 Å². The van der Waals surface area contributed by atoms with E-state index in [1.165, 1.54) is 98.4 Å². The molecule has 6 atom stereocenters. The van der Waals surface area contributed by atoms with Crippen LogP contribution in [-0.4, -0.2) is 75.1 Å². The third kappa shape index (κ3) is 32.2. The van der Waals surface area contributed by atoms with Crippen LogP contribution in [0.25, 0.3) is 11.2 Å². The van der Waals surface area contributed by atoms with Crippen molar-refractivity contribution in [3.8, 4) is 0 Å². The molecule has 8 aromatic rings. The van der Waals surface area contributed by atoms with E-state index in [9.17, 15) is 22.8 Å². The number of carbonyl (C=O) groups is 1. The zero-order chi connectivity index (χ0) is 69.9. The Balaban J connectivity index is 0.000000237. The second kappa shape index (κ2) is 43.4. The van der Waals surface area contributed by atoms with Gasteiger partial charge in [0.25, 0.3) is 15.7 Å². The summed E-state index contributed by atoms with van der Waals surface area (Å²) in [5.41, 5.74) is 15.6. The van der Waals surface area contributed by atoms with Gasteiger partial charge in [0.15, 0.2) is 5.65 Å². The molecule has 0 bridgehead atoms. The summed E-state index contributed by atoms with van der Waals surface area (Å²) in [5.74, 6) is 3.21. The van der Waals surface area contributed by atoms with Crippen LogP contribution >= 0.6 is 31.9 Å². The number of benzene rings is 6. The number of fused-ring (bicyclic) bond motifs is 1. The number of hydrogen-bond donors (Lipinski definition) is 3. The number of hydrogen-bond acceptors (Lipinski definition) is 10. The Morgan fingerprint density at radius 3 is 1.34 bits per heavy atom. The summed E-state index contributed by atoms with van der Waals surface area (Å²) in [7, 11) is -0.265. The second-order valence-corrected chi connectivity index (χ2v) is 27.8. The Kier molecular flexibility index (Phi) is 36.8. The molecule has 3 saturated carbocycles. The predicted molar refractivity (Wildman–Crippen MR) is 399 cm³/mol. The van der Waals surface area contributed by atoms with Crippen LogP contribution in [0.4, 0.5) is 0 Å². The topological polar surface area (TPSA) is 183 Å². The number of H-pyrrole nitrogens is 1. The number of ether oxygens (including phenoxy) is 1. The standard InChI is InChI=1S/C15H20O2.C14H20O3S.C13H18O.C11H14.C8H9Br.C8H10O.C7H8N4O2.C3H5Br/c1-3-17-15(16)14-10-13(14)9-8-12-6-4-11(2)5-7-12;1-11-3-5-12(6-4-11)7-8-13-9-14(13)10-17-18(2,15)16;1-10-2-4-11(5-3-10)6-7-12-8-13(12)9-14;1-3-4-5-11-8-6-10(2)7-9-11;2*1-7-2-4-8(6-9)5-3-7;1-10-5-4(8-3-9-5)6(12)11(2)7(10)13;1-2-3-4/h4-7,13-14H,3,8-10H2,1-2H3;3-6,13-14H,7-10H2,1-2H3;2-5,12-14H,6-9H2,1H3;3,6-9H,1,4-5H2,2H3;2-5H,6H2,1H3;2-5,9H,6H2,1H3;3H,1-2H3,(H,8,9);2H,1,3H2. The van der Waals surface area contributed by atoms with Crippen LogP contribution in [0.5, 0.6) is 0 Å². The van der Waals surface area contributed by atoms with E-state index in [1.54, 1.807) is 13.1 Å². The maximum absolute atomic E-state index is 11.4. The highest BCUT2D eigenvalue weighted by Crippen LogP contribution is 2.44. The Labute approximate surface area is 583 Å². The number of nitrogens with one attached hydrogen (secondary N) is 1. The van der Waals surface area contributed by atoms with Crippen molar-refractivity contribution in [1.82, 2.24) is 19.1 Å². The SMILES string of the molecule is C=CCBr.C=CCCc1ccc(C)cc1.CCOC(=O)C1CC1CCc1ccc(C)cc1.Cc1ccc(CBr)cc1.Cc1ccc(CCC2CC2CO)cc1.Cc1ccc(CCC2CC2COS(C)(=O)=O)cc1.Cc1ccc(CO)cc1.Cn1c(=O)c2[nH]cnc2n(C)c1=O. The molecule has 3 fully saturated rings. The first kappa shape index (κ1) is 80.6. The highest BCUT2D eigenvalue weighted by molar-refractivity contribution is 9.09. The first-order chi connectivity index (χ1) is 45.5. The summed E-state index contributed by atoms with van der Waals surface area (Å²) in [4.78, 5) is 40.8. The van der Waals surface area contributed by atoms with Crippen molar-refractivity contribution in [2.45, 2.75) is 131 Å². The Morgan fingerprint density at radius 2 is 0.968 bits per heavy atom. The molecule has 11 rings (SSSR count). The molecular formula is C79H104Br2N4O9S. The fraction of sp³-hybridized carbons (Fsp3) is 0.418. The molecule has 3 aliphatic carbocycles. The van der Waals surface area contributed by atoms with Gasteiger partial charge in [0.05, 0.1) is 38.3 Å². The molecule has 2 heterocycles. The van der Waals surface area contributed by atoms with Gasteiger partial charge < -0.3 is 19.9 Å². The molecule has 2 aromatic heterocycles. The van der Waals surface area contributed by atoms with Gasteiger partial charge in [-0.2, -0.15) is 8.42 Å². The van der Waals surface area contributed by atoms with Gasteiger partial charge in [-0.25, -0.2) is 9.78 Å². The van der Waals surface area contributed by atoms with Gasteiger partial charge in [-0.1, -0.05) is 223 Å². The maximum atomic E-state index is 11.4. The minimum atomic E-state index is -3.27. The lowest BCUT2D eigenvalue weighted by atomic mass is 10.1. The van der Waals surface area contributed by atoms with Gasteiger partial charge in [0.2, 0.25) is 0 Å². The zero-order valence-corrected chi connectivity index (χ0v) is 61.7. The molecule has 3 aliphatic rings. The number of halogens is 2. The Morgan fingerprint density at radius 1 is 0.579 bits per heavy atom. The molecule has 514 valence electrons. The molecule has 6 unspecified atom stereocenters. The minimum absolute atomic E-state index is 0.00130. The quantitative estimate of drug-likeness (QED) is 0.0271. The maximum Gasteiger partial charge on any atom is 0.332 e. The molecule has 0 radical (unpaired) electrons. The van der Waals surface area contributed by atoms with Crippen LogP contribution in [0.3, 0.4) is 0 Å². The third-order valence-electron chi connectivity index (χ3n) is 16.6. The fourth-order valence-electron chi connectivity index (χ4n) is 10.1. The van der Waals surface area contributed by atoms with Crippen molar-refractivity contribution in [2.75, 3.05) is 31.4 Å². The van der Waals surface area contributed by atoms with E-state index in [0.29, 0.717) is 54.7 Å². The number of carbonyl (C=O) groups excluding carboxylic acids is 1. The lowest BCUT2D eigenvalue weighted by Crippen LogP contribution is -2.36. The lowest BCUT2D eigenvalue weighted by Gasteiger charge is -2.02. The Hall–Kier alpha value is -6.79. The minimum Gasteiger partial charge on any atom is -0.466 e. The monoisotopic (exact) mass is 1440 g/mol. The average molecular weight is 1450 g/mol. The van der Waals surface area contributed by atoms with Crippen molar-refractivity contribution < 1.29 is 32.3 Å². The van der Waals surface area contributed by atoms with Crippen molar-refractivity contribution in [3.05, 3.63) is 265 Å². The van der Waals surface area contributed by atoms with E-state index < -0.39 is 10.1 Å². The summed E-state index contributed by atoms with van der Waals surface area (Å²) < 4.78 is 33.9. The van der Waals surface area contributed by atoms with Gasteiger partial charge in [-0.05, 0) is 182 Å². The number of aromatic amines is 1. The normalized spacial score (nSPS) is 16.7. The molecular weight excluding hydrogens is 1340 g/mol. The highest BCUT2D eigenvalue weighted by atomic mass is 79.9. The molecule has 13 nitrogen and oxygen atoms in total. The third-order valence-corrected chi connectivity index (χ3v) is 18.3. The fourth-order valence-corrected chi connectivity index (χ4v) is 10.9. The van der Waals surface area contributed by atoms with E-state index >= 15 is 0 Å². The van der Waals surface area contributed by atoms with Gasteiger partial charge in [-0.3, -0.25) is 22.9 Å². The number of rotatable bonds is 21. The number of nitrogens with zero attached hydrogens (tertiary/aromatic N) is 3. The first-order valence-electron chi connectivity index (χ1n) is 32.9. The van der Waals surface area contributed by atoms with Gasteiger partial charge >= 0.3 is 11.7 Å². The molecule has 95 heavy (non-hydrogen) atoms. The van der Waals surface area contributed by atoms with Gasteiger partial charge in [-0.15, -0.1) is 13.2 Å². The largest absolute Gasteiger partial charge is 0.466 e. The van der Waals surface area contributed by atoms with Crippen molar-refractivity contribution in [1.29, 1.82) is 0 Å². The van der Waals surface area contributed by atoms with Crippen LogP contribution in [0.15, 0.2) is 187 Å². The molecule has 0 amide bonds. The summed E-state index contributed by atoms with van der Waals surface area (Å²) in [6.07, 6.45) is 18.6. The smallest absolute Gasteiger partial charge is 0.332 e. The van der Waals surface area contributed by atoms with E-state index in [4.69, 9.17) is 19.1 Å². The van der Waals surface area contributed by atoms with Crippen LogP contribution in [0, 0.1) is 77.0 Å².